The summed E-state index contributed by atoms with van der Waals surface area (Å²) in [5.74, 6) is -1.08. The normalized spacial score (nSPS) is 14.5. The summed E-state index contributed by atoms with van der Waals surface area (Å²) in [6.07, 6.45) is 1.59. The molecule has 0 atom stereocenters. The molecular weight excluding hydrogens is 468 g/mol. The van der Waals surface area contributed by atoms with Crippen LogP contribution >= 0.6 is 23.4 Å². The lowest BCUT2D eigenvalue weighted by atomic mass is 10.2. The van der Waals surface area contributed by atoms with E-state index in [1.807, 2.05) is 6.92 Å². The number of nitrogens with zero attached hydrogens (tertiary/aromatic N) is 1. The quantitative estimate of drug-likeness (QED) is 0.428. The van der Waals surface area contributed by atoms with Gasteiger partial charge in [-0.3, -0.25) is 19.3 Å². The molecule has 0 spiro atoms. The monoisotopic (exact) mass is 488 g/mol. The fraction of sp³-hybridized carbons (Fsp3) is 0.217. The maximum Gasteiger partial charge on any atom is 0.339 e. The topological polar surface area (TPSA) is 102 Å². The third-order valence-corrected chi connectivity index (χ3v) is 5.65. The fourth-order valence-electron chi connectivity index (χ4n) is 2.93. The molecule has 0 saturated carbocycles. The van der Waals surface area contributed by atoms with Gasteiger partial charge in [0.25, 0.3) is 11.1 Å². The molecular formula is C23H21ClN2O6S. The molecule has 1 aliphatic heterocycles. The van der Waals surface area contributed by atoms with Crippen LogP contribution in [-0.2, 0) is 14.3 Å². The number of thioether (sulfide) groups is 1. The number of carbonyl (C=O) groups is 4. The van der Waals surface area contributed by atoms with Crippen LogP contribution in [0.4, 0.5) is 10.5 Å². The van der Waals surface area contributed by atoms with E-state index in [2.05, 4.69) is 5.32 Å². The Bertz CT molecular complexity index is 1120. The summed E-state index contributed by atoms with van der Waals surface area (Å²) in [7, 11) is 0. The first-order chi connectivity index (χ1) is 15.8. The molecule has 2 aromatic rings. The van der Waals surface area contributed by atoms with Gasteiger partial charge in [0.15, 0.2) is 0 Å². The molecule has 0 aliphatic carbocycles. The van der Waals surface area contributed by atoms with E-state index in [9.17, 15) is 19.2 Å². The number of imide groups is 1. The molecule has 0 aromatic heterocycles. The number of amides is 3. The van der Waals surface area contributed by atoms with Gasteiger partial charge < -0.3 is 14.8 Å². The lowest BCUT2D eigenvalue weighted by Gasteiger charge is -2.13. The Kier molecular flexibility index (Phi) is 8.13. The minimum absolute atomic E-state index is 0.0979. The van der Waals surface area contributed by atoms with Crippen molar-refractivity contribution in [2.45, 2.75) is 13.8 Å². The summed E-state index contributed by atoms with van der Waals surface area (Å²) in [4.78, 5) is 50.5. The Hall–Kier alpha value is -3.30. The fourth-order valence-corrected chi connectivity index (χ4v) is 3.96. The SMILES string of the molecule is CCOC(=O)c1cc(NC(=O)CN2C(=O)S/C(=C/c3ccc(OCC)cc3)C2=O)ccc1Cl. The summed E-state index contributed by atoms with van der Waals surface area (Å²) in [5, 5.41) is 2.20. The first-order valence-corrected chi connectivity index (χ1v) is 11.3. The zero-order chi connectivity index (χ0) is 24.0. The number of esters is 1. The lowest BCUT2D eigenvalue weighted by molar-refractivity contribution is -0.127. The first-order valence-electron chi connectivity index (χ1n) is 10.1. The molecule has 0 bridgehead atoms. The number of hydrogen-bond donors (Lipinski definition) is 1. The maximum absolute atomic E-state index is 12.7. The largest absolute Gasteiger partial charge is 0.494 e. The second-order valence-electron chi connectivity index (χ2n) is 6.73. The number of ether oxygens (including phenoxy) is 2. The van der Waals surface area contributed by atoms with Gasteiger partial charge in [0.05, 0.1) is 28.7 Å². The maximum atomic E-state index is 12.7. The van der Waals surface area contributed by atoms with E-state index >= 15 is 0 Å². The molecule has 1 saturated heterocycles. The average Bonchev–Trinajstić information content (AvgIpc) is 3.04. The molecule has 1 heterocycles. The molecule has 33 heavy (non-hydrogen) atoms. The number of hydrogen-bond acceptors (Lipinski definition) is 7. The van der Waals surface area contributed by atoms with E-state index in [-0.39, 0.29) is 27.8 Å². The van der Waals surface area contributed by atoms with Crippen molar-refractivity contribution in [3.8, 4) is 5.75 Å². The van der Waals surface area contributed by atoms with Crippen LogP contribution in [0.5, 0.6) is 5.75 Å². The zero-order valence-electron chi connectivity index (χ0n) is 17.9. The number of benzene rings is 2. The van der Waals surface area contributed by atoms with E-state index in [0.717, 1.165) is 22.2 Å². The molecule has 3 amide bonds. The minimum atomic E-state index is -0.621. The van der Waals surface area contributed by atoms with Gasteiger partial charge >= 0.3 is 5.97 Å². The van der Waals surface area contributed by atoms with E-state index < -0.39 is 29.6 Å². The number of halogens is 1. The third-order valence-electron chi connectivity index (χ3n) is 4.41. The molecule has 1 aliphatic rings. The van der Waals surface area contributed by atoms with E-state index in [0.29, 0.717) is 12.4 Å². The highest BCUT2D eigenvalue weighted by atomic mass is 35.5. The summed E-state index contributed by atoms with van der Waals surface area (Å²) in [5.41, 5.74) is 1.10. The molecule has 1 fully saturated rings. The smallest absolute Gasteiger partial charge is 0.339 e. The average molecular weight is 489 g/mol. The highest BCUT2D eigenvalue weighted by molar-refractivity contribution is 8.18. The predicted molar refractivity (Wildman–Crippen MR) is 126 cm³/mol. The van der Waals surface area contributed by atoms with Gasteiger partial charge in [0.2, 0.25) is 5.91 Å². The van der Waals surface area contributed by atoms with Crippen molar-refractivity contribution < 1.29 is 28.7 Å². The van der Waals surface area contributed by atoms with Crippen LogP contribution in [0.2, 0.25) is 5.02 Å². The molecule has 10 heteroatoms. The van der Waals surface area contributed by atoms with Crippen molar-refractivity contribution in [1.82, 2.24) is 4.90 Å². The number of carbonyl (C=O) groups excluding carboxylic acids is 4. The Balaban J connectivity index is 1.67. The molecule has 0 unspecified atom stereocenters. The van der Waals surface area contributed by atoms with E-state index in [1.54, 1.807) is 37.3 Å². The Morgan fingerprint density at radius 2 is 1.82 bits per heavy atom. The van der Waals surface area contributed by atoms with Crippen molar-refractivity contribution in [3.05, 3.63) is 63.5 Å². The van der Waals surface area contributed by atoms with Gasteiger partial charge in [-0.15, -0.1) is 0 Å². The second kappa shape index (κ2) is 11.0. The molecule has 8 nitrogen and oxygen atoms in total. The van der Waals surface area contributed by atoms with Crippen LogP contribution in [0.1, 0.15) is 29.8 Å². The summed E-state index contributed by atoms with van der Waals surface area (Å²) >= 11 is 6.78. The third kappa shape index (κ3) is 6.15. The van der Waals surface area contributed by atoms with Crippen molar-refractivity contribution in [3.63, 3.8) is 0 Å². The Morgan fingerprint density at radius 1 is 1.09 bits per heavy atom. The summed E-state index contributed by atoms with van der Waals surface area (Å²) in [6, 6.07) is 11.4. The Morgan fingerprint density at radius 3 is 2.48 bits per heavy atom. The van der Waals surface area contributed by atoms with Crippen molar-refractivity contribution in [1.29, 1.82) is 0 Å². The van der Waals surface area contributed by atoms with Gasteiger partial charge in [-0.25, -0.2) is 4.79 Å². The zero-order valence-corrected chi connectivity index (χ0v) is 19.5. The van der Waals surface area contributed by atoms with Crippen molar-refractivity contribution >= 4 is 58.1 Å². The first kappa shape index (κ1) is 24.3. The highest BCUT2D eigenvalue weighted by Gasteiger charge is 2.36. The molecule has 1 N–H and O–H groups in total. The predicted octanol–water partition coefficient (Wildman–Crippen LogP) is 4.59. The summed E-state index contributed by atoms with van der Waals surface area (Å²) < 4.78 is 10.3. The van der Waals surface area contributed by atoms with Crippen LogP contribution in [0.25, 0.3) is 6.08 Å². The number of rotatable bonds is 8. The van der Waals surface area contributed by atoms with Crippen LogP contribution in [0.15, 0.2) is 47.4 Å². The Labute approximate surface area is 199 Å². The molecule has 2 aromatic carbocycles. The van der Waals surface area contributed by atoms with Gasteiger partial charge in [0.1, 0.15) is 12.3 Å². The van der Waals surface area contributed by atoms with Gasteiger partial charge in [-0.05, 0) is 67.6 Å². The molecule has 0 radical (unpaired) electrons. The van der Waals surface area contributed by atoms with Gasteiger partial charge in [0, 0.05) is 5.69 Å². The number of nitrogens with one attached hydrogen (secondary N) is 1. The van der Waals surface area contributed by atoms with Crippen LogP contribution in [0.3, 0.4) is 0 Å². The standard InChI is InChI=1S/C23H21ClN2O6S/c1-3-31-16-8-5-14(6-9-16)11-19-21(28)26(23(30)33-19)13-20(27)25-15-7-10-18(24)17(12-15)22(29)32-4-2/h5-12H,3-4,13H2,1-2H3,(H,25,27)/b19-11+. The van der Waals surface area contributed by atoms with Crippen LogP contribution < -0.4 is 10.1 Å². The highest BCUT2D eigenvalue weighted by Crippen LogP contribution is 2.32. The van der Waals surface area contributed by atoms with Crippen molar-refractivity contribution in [2.24, 2.45) is 0 Å². The lowest BCUT2D eigenvalue weighted by Crippen LogP contribution is -2.36. The van der Waals surface area contributed by atoms with E-state index in [1.165, 1.54) is 18.2 Å². The van der Waals surface area contributed by atoms with E-state index in [4.69, 9.17) is 21.1 Å². The van der Waals surface area contributed by atoms with Crippen molar-refractivity contribution in [2.75, 3.05) is 25.1 Å². The van der Waals surface area contributed by atoms with Gasteiger partial charge in [-0.2, -0.15) is 0 Å². The number of anilines is 1. The van der Waals surface area contributed by atoms with Gasteiger partial charge in [-0.1, -0.05) is 23.7 Å². The summed E-state index contributed by atoms with van der Waals surface area (Å²) in [6.45, 7) is 3.79. The molecule has 172 valence electrons. The second-order valence-corrected chi connectivity index (χ2v) is 8.13. The van der Waals surface area contributed by atoms with Crippen LogP contribution in [-0.4, -0.2) is 47.7 Å². The molecule has 3 rings (SSSR count). The minimum Gasteiger partial charge on any atom is -0.494 e. The van der Waals surface area contributed by atoms with Crippen LogP contribution in [0, 0.1) is 0 Å².